The Hall–Kier alpha value is -3.16. The molecule has 1 N–H and O–H groups in total. The van der Waals surface area contributed by atoms with Crippen LogP contribution in [-0.2, 0) is 4.79 Å². The van der Waals surface area contributed by atoms with E-state index in [1.165, 1.54) is 11.8 Å². The minimum absolute atomic E-state index is 0.0506. The van der Waals surface area contributed by atoms with Gasteiger partial charge in [0.15, 0.2) is 0 Å². The normalized spacial score (nSPS) is 15.5. The molecule has 1 heterocycles. The monoisotopic (exact) mass is 468 g/mol. The van der Waals surface area contributed by atoms with Crippen LogP contribution in [0.3, 0.4) is 0 Å². The van der Waals surface area contributed by atoms with E-state index in [2.05, 4.69) is 5.32 Å². The maximum Gasteiger partial charge on any atom is 0.255 e. The number of hydrogen-bond donors (Lipinski definition) is 1. The molecule has 1 fully saturated rings. The zero-order valence-electron chi connectivity index (χ0n) is 17.5. The Morgan fingerprint density at radius 3 is 2.53 bits per heavy atom. The molecule has 32 heavy (non-hydrogen) atoms. The Morgan fingerprint density at radius 1 is 1.06 bits per heavy atom. The lowest BCUT2D eigenvalue weighted by Gasteiger charge is -2.27. The van der Waals surface area contributed by atoms with Crippen molar-refractivity contribution in [2.75, 3.05) is 30.2 Å². The van der Waals surface area contributed by atoms with Gasteiger partial charge in [0.05, 0.1) is 25.7 Å². The Balaban J connectivity index is 1.70. The number of carbonyl (C=O) groups is 2. The predicted molar refractivity (Wildman–Crippen MR) is 128 cm³/mol. The van der Waals surface area contributed by atoms with Crippen LogP contribution < -0.4 is 19.7 Å². The van der Waals surface area contributed by atoms with E-state index < -0.39 is 0 Å². The van der Waals surface area contributed by atoms with Crippen molar-refractivity contribution in [1.29, 1.82) is 0 Å². The van der Waals surface area contributed by atoms with Gasteiger partial charge in [0.25, 0.3) is 5.91 Å². The first-order valence-corrected chi connectivity index (χ1v) is 11.3. The van der Waals surface area contributed by atoms with Crippen LogP contribution in [0, 0.1) is 0 Å². The third-order valence-electron chi connectivity index (χ3n) is 5.09. The Labute approximate surface area is 195 Å². The lowest BCUT2D eigenvalue weighted by atomic mass is 10.1. The van der Waals surface area contributed by atoms with E-state index in [0.29, 0.717) is 39.2 Å². The highest BCUT2D eigenvalue weighted by Gasteiger charge is 2.37. The summed E-state index contributed by atoms with van der Waals surface area (Å²) in [6.45, 7) is 0. The highest BCUT2D eigenvalue weighted by Crippen LogP contribution is 2.47. The number of benzene rings is 3. The summed E-state index contributed by atoms with van der Waals surface area (Å²) in [7, 11) is 3.14. The highest BCUT2D eigenvalue weighted by atomic mass is 35.5. The second kappa shape index (κ2) is 9.54. The molecule has 1 atom stereocenters. The molecule has 8 heteroatoms. The minimum atomic E-state index is -0.342. The van der Waals surface area contributed by atoms with Gasteiger partial charge < -0.3 is 14.8 Å². The number of hydrogen-bond acceptors (Lipinski definition) is 5. The maximum absolute atomic E-state index is 12.9. The molecule has 6 nitrogen and oxygen atoms in total. The standard InChI is InChI=1S/C24H21ClN2O4S/c1-30-17-11-12-21(31-2)20(13-17)27-22(28)14-32-24(27)18-5-3-4-6-19(18)26-23(29)15-7-9-16(25)10-8-15/h3-13,24H,14H2,1-2H3,(H,26,29). The topological polar surface area (TPSA) is 67.9 Å². The zero-order chi connectivity index (χ0) is 22.7. The first kappa shape index (κ1) is 22.0. The van der Waals surface area contributed by atoms with Crippen LogP contribution in [0.25, 0.3) is 0 Å². The molecule has 4 rings (SSSR count). The van der Waals surface area contributed by atoms with E-state index >= 15 is 0 Å². The van der Waals surface area contributed by atoms with Crippen LogP contribution in [0.1, 0.15) is 21.3 Å². The van der Waals surface area contributed by atoms with Gasteiger partial charge in [-0.1, -0.05) is 29.8 Å². The van der Waals surface area contributed by atoms with E-state index in [-0.39, 0.29) is 17.2 Å². The fraction of sp³-hybridized carbons (Fsp3) is 0.167. The molecule has 0 aromatic heterocycles. The van der Waals surface area contributed by atoms with Gasteiger partial charge in [-0.05, 0) is 42.5 Å². The second-order valence-electron chi connectivity index (χ2n) is 7.01. The summed E-state index contributed by atoms with van der Waals surface area (Å²) >= 11 is 7.42. The number of amides is 2. The zero-order valence-corrected chi connectivity index (χ0v) is 19.1. The quantitative estimate of drug-likeness (QED) is 0.525. The average Bonchev–Trinajstić information content (AvgIpc) is 3.20. The fourth-order valence-electron chi connectivity index (χ4n) is 3.52. The molecule has 0 aliphatic carbocycles. The van der Waals surface area contributed by atoms with Gasteiger partial charge in [0, 0.05) is 27.9 Å². The van der Waals surface area contributed by atoms with Crippen LogP contribution in [0.5, 0.6) is 11.5 Å². The molecule has 3 aromatic rings. The van der Waals surface area contributed by atoms with Crippen molar-refractivity contribution >= 4 is 46.6 Å². The lowest BCUT2D eigenvalue weighted by molar-refractivity contribution is -0.115. The third kappa shape index (κ3) is 4.40. The third-order valence-corrected chi connectivity index (χ3v) is 6.54. The minimum Gasteiger partial charge on any atom is -0.497 e. The summed E-state index contributed by atoms with van der Waals surface area (Å²) in [6.07, 6.45) is 0. The number of methoxy groups -OCH3 is 2. The van der Waals surface area contributed by atoms with Crippen molar-refractivity contribution in [1.82, 2.24) is 0 Å². The van der Waals surface area contributed by atoms with Crippen molar-refractivity contribution in [2.45, 2.75) is 5.37 Å². The molecule has 1 aliphatic heterocycles. The number of nitrogens with zero attached hydrogens (tertiary/aromatic N) is 1. The molecular weight excluding hydrogens is 448 g/mol. The average molecular weight is 469 g/mol. The molecule has 1 aliphatic rings. The number of carbonyl (C=O) groups excluding carboxylic acids is 2. The summed E-state index contributed by atoms with van der Waals surface area (Å²) in [5.41, 5.74) is 2.55. The number of rotatable bonds is 6. The first-order valence-electron chi connectivity index (χ1n) is 9.83. The summed E-state index contributed by atoms with van der Waals surface area (Å²) in [4.78, 5) is 27.4. The molecular formula is C24H21ClN2O4S. The summed E-state index contributed by atoms with van der Waals surface area (Å²) in [5.74, 6) is 1.19. The van der Waals surface area contributed by atoms with Gasteiger partial charge in [-0.25, -0.2) is 0 Å². The Kier molecular flexibility index (Phi) is 6.58. The van der Waals surface area contributed by atoms with Crippen molar-refractivity contribution < 1.29 is 19.1 Å². The number of para-hydroxylation sites is 1. The molecule has 0 radical (unpaired) electrons. The van der Waals surface area contributed by atoms with Gasteiger partial charge in [0.2, 0.25) is 5.91 Å². The SMILES string of the molecule is COc1ccc(OC)c(N2C(=O)CSC2c2ccccc2NC(=O)c2ccc(Cl)cc2)c1. The largest absolute Gasteiger partial charge is 0.497 e. The molecule has 3 aromatic carbocycles. The van der Waals surface area contributed by atoms with Gasteiger partial charge in [-0.2, -0.15) is 0 Å². The van der Waals surface area contributed by atoms with E-state index in [0.717, 1.165) is 5.56 Å². The second-order valence-corrected chi connectivity index (χ2v) is 8.52. The number of halogens is 1. The number of anilines is 2. The molecule has 0 bridgehead atoms. The van der Waals surface area contributed by atoms with Gasteiger partial charge >= 0.3 is 0 Å². The van der Waals surface area contributed by atoms with Crippen LogP contribution in [-0.4, -0.2) is 31.8 Å². The predicted octanol–water partition coefficient (Wildman–Crippen LogP) is 5.39. The van der Waals surface area contributed by atoms with Crippen molar-refractivity contribution in [2.24, 2.45) is 0 Å². The molecule has 0 saturated carbocycles. The van der Waals surface area contributed by atoms with Crippen LogP contribution >= 0.6 is 23.4 Å². The van der Waals surface area contributed by atoms with E-state index in [1.807, 2.05) is 24.3 Å². The number of thioether (sulfide) groups is 1. The van der Waals surface area contributed by atoms with Gasteiger partial charge in [-0.15, -0.1) is 11.8 Å². The van der Waals surface area contributed by atoms with Crippen molar-refractivity contribution in [3.8, 4) is 11.5 Å². The molecule has 2 amide bonds. The molecule has 1 saturated heterocycles. The van der Waals surface area contributed by atoms with E-state index in [4.69, 9.17) is 21.1 Å². The van der Waals surface area contributed by atoms with E-state index in [1.54, 1.807) is 61.6 Å². The van der Waals surface area contributed by atoms with Gasteiger partial charge in [0.1, 0.15) is 16.9 Å². The van der Waals surface area contributed by atoms with Crippen molar-refractivity contribution in [3.63, 3.8) is 0 Å². The van der Waals surface area contributed by atoms with Crippen LogP contribution in [0.2, 0.25) is 5.02 Å². The molecule has 0 spiro atoms. The van der Waals surface area contributed by atoms with Gasteiger partial charge in [-0.3, -0.25) is 14.5 Å². The summed E-state index contributed by atoms with van der Waals surface area (Å²) in [5, 5.41) is 3.19. The number of ether oxygens (including phenoxy) is 2. The fourth-order valence-corrected chi connectivity index (χ4v) is 4.85. The molecule has 164 valence electrons. The summed E-state index contributed by atoms with van der Waals surface area (Å²) < 4.78 is 10.9. The van der Waals surface area contributed by atoms with E-state index in [9.17, 15) is 9.59 Å². The van der Waals surface area contributed by atoms with Crippen LogP contribution in [0.15, 0.2) is 66.7 Å². The van der Waals surface area contributed by atoms with Crippen molar-refractivity contribution in [3.05, 3.63) is 82.9 Å². The summed E-state index contributed by atoms with van der Waals surface area (Å²) in [6, 6.07) is 19.5. The number of nitrogens with one attached hydrogen (secondary N) is 1. The smallest absolute Gasteiger partial charge is 0.255 e. The highest BCUT2D eigenvalue weighted by molar-refractivity contribution is 8.00. The van der Waals surface area contributed by atoms with Crippen LogP contribution in [0.4, 0.5) is 11.4 Å². The first-order chi connectivity index (χ1) is 15.5. The lowest BCUT2D eigenvalue weighted by Crippen LogP contribution is -2.29. The Morgan fingerprint density at radius 2 is 1.81 bits per heavy atom. The Bertz CT molecular complexity index is 1150. The maximum atomic E-state index is 12.9. The molecule has 1 unspecified atom stereocenters.